The van der Waals surface area contributed by atoms with E-state index in [0.29, 0.717) is 0 Å². The van der Waals surface area contributed by atoms with Crippen molar-refractivity contribution in [3.05, 3.63) is 0 Å². The molecule has 0 saturated heterocycles. The van der Waals surface area contributed by atoms with Crippen molar-refractivity contribution in [3.8, 4) is 0 Å². The summed E-state index contributed by atoms with van der Waals surface area (Å²) in [6, 6.07) is 0. The van der Waals surface area contributed by atoms with E-state index >= 15 is 0 Å². The van der Waals surface area contributed by atoms with Gasteiger partial charge < -0.3 is 23.7 Å². The quantitative estimate of drug-likeness (QED) is 0.246. The van der Waals surface area contributed by atoms with Gasteiger partial charge in [-0.1, -0.05) is 0 Å². The minimum absolute atomic E-state index is 0. The van der Waals surface area contributed by atoms with E-state index in [2.05, 4.69) is 0 Å². The minimum atomic E-state index is -5.17. The van der Waals surface area contributed by atoms with E-state index < -0.39 is 20.8 Å². The van der Waals surface area contributed by atoms with Crippen LogP contribution in [-0.4, -0.2) is 40.5 Å². The van der Waals surface area contributed by atoms with Gasteiger partial charge in [0.25, 0.3) is 0 Å². The second-order valence-electron chi connectivity index (χ2n) is 0.816. The van der Waals surface area contributed by atoms with Crippen molar-refractivity contribution in [1.82, 2.24) is 0 Å². The largest absolute Gasteiger partial charge is 2.00 e. The van der Waals surface area contributed by atoms with Crippen molar-refractivity contribution in [2.45, 2.75) is 0 Å². The van der Waals surface area contributed by atoms with E-state index in [-0.39, 0.29) is 42.0 Å². The van der Waals surface area contributed by atoms with Gasteiger partial charge in [0.15, 0.2) is 0 Å². The number of hydrogen-bond donors (Lipinski definition) is 0. The summed E-state index contributed by atoms with van der Waals surface area (Å²) >= 11 is 0. The fourth-order valence-corrected chi connectivity index (χ4v) is 0. The molecule has 0 aromatic heterocycles. The first-order chi connectivity index (χ1) is 4.00. The van der Waals surface area contributed by atoms with Crippen molar-refractivity contribution >= 4 is 20.8 Å². The van der Waals surface area contributed by atoms with Gasteiger partial charge in [-0.2, -0.15) is 0 Å². The van der Waals surface area contributed by atoms with E-state index in [1.807, 2.05) is 0 Å². The number of rotatable bonds is 0. The van der Waals surface area contributed by atoms with Crippen LogP contribution in [0.3, 0.4) is 0 Å². The summed E-state index contributed by atoms with van der Waals surface area (Å²) in [6.07, 6.45) is 0. The van der Waals surface area contributed by atoms with E-state index in [0.717, 1.165) is 0 Å². The summed E-state index contributed by atoms with van der Waals surface area (Å²) in [7, 11) is -10.3. The maximum Gasteiger partial charge on any atom is 2.00 e. The molecule has 0 rings (SSSR count). The van der Waals surface area contributed by atoms with Crippen LogP contribution in [0.15, 0.2) is 0 Å². The third-order valence-corrected chi connectivity index (χ3v) is 0. The Morgan fingerprint density at radius 1 is 0.692 bits per heavy atom. The normalized spacial score (nSPS) is 8.92. The van der Waals surface area contributed by atoms with Gasteiger partial charge >= 0.3 is 36.5 Å². The van der Waals surface area contributed by atoms with Gasteiger partial charge in [0, 0.05) is 20.8 Å². The SMILES string of the molecule is O.O=S(=O)([O-])[O-].O=S(=O)([O-])[O-].[Cu+2].[Zn+2]. The van der Waals surface area contributed by atoms with Gasteiger partial charge in [-0.25, -0.2) is 0 Å². The smallest absolute Gasteiger partial charge is 0.759 e. The molecule has 0 amide bonds. The fraction of sp³-hybridized carbons (Fsp3) is 0. The molecule has 13 heteroatoms. The molecule has 0 aliphatic rings. The average Bonchev–Trinajstić information content (AvgIpc) is 1.12. The Labute approximate surface area is 97.6 Å². The zero-order valence-corrected chi connectivity index (χ0v) is 11.1. The molecule has 2 N–H and O–H groups in total. The Bertz CT molecular complexity index is 214. The van der Waals surface area contributed by atoms with Crippen LogP contribution < -0.4 is 0 Å². The van der Waals surface area contributed by atoms with Crippen LogP contribution in [0, 0.1) is 0 Å². The summed E-state index contributed by atoms with van der Waals surface area (Å²) in [5, 5.41) is 0. The Morgan fingerprint density at radius 2 is 0.692 bits per heavy atom. The van der Waals surface area contributed by atoms with Crippen LogP contribution in [0.4, 0.5) is 0 Å². The van der Waals surface area contributed by atoms with Crippen LogP contribution >= 0.6 is 0 Å². The second kappa shape index (κ2) is 10.9. The van der Waals surface area contributed by atoms with Crippen LogP contribution in [0.5, 0.6) is 0 Å². The van der Waals surface area contributed by atoms with Gasteiger partial charge in [-0.3, -0.25) is 16.8 Å². The first kappa shape index (κ1) is 29.2. The molecule has 9 nitrogen and oxygen atoms in total. The van der Waals surface area contributed by atoms with Crippen LogP contribution in [-0.2, 0) is 57.3 Å². The first-order valence-electron chi connectivity index (χ1n) is 1.33. The van der Waals surface area contributed by atoms with Crippen LogP contribution in [0.2, 0.25) is 0 Å². The van der Waals surface area contributed by atoms with Crippen molar-refractivity contribution < 1.29 is 77.1 Å². The van der Waals surface area contributed by atoms with Crippen molar-refractivity contribution in [2.75, 3.05) is 0 Å². The molecule has 0 spiro atoms. The van der Waals surface area contributed by atoms with Gasteiger partial charge in [-0.05, 0) is 0 Å². The van der Waals surface area contributed by atoms with E-state index in [1.54, 1.807) is 0 Å². The fourth-order valence-electron chi connectivity index (χ4n) is 0. The molecule has 0 aliphatic heterocycles. The molecule has 1 radical (unpaired) electrons. The summed E-state index contributed by atoms with van der Waals surface area (Å²) < 4.78 is 68.2. The zero-order chi connectivity index (χ0) is 9.00. The van der Waals surface area contributed by atoms with Gasteiger partial charge in [0.1, 0.15) is 0 Å². The third-order valence-electron chi connectivity index (χ3n) is 0. The molecule has 0 aliphatic carbocycles. The Hall–Kier alpha value is 0.843. The molecule has 13 heavy (non-hydrogen) atoms. The first-order valence-corrected chi connectivity index (χ1v) is 4.00. The standard InChI is InChI=1S/Cu.2H2O4S.H2O.Zn/c;2*1-5(2,3)4;;/h;2*(H2,1,2,3,4);1H2;/q+2;;;;+2/p-4. The molecular weight excluding hydrogens is 337 g/mol. The van der Waals surface area contributed by atoms with Crippen LogP contribution in [0.1, 0.15) is 0 Å². The van der Waals surface area contributed by atoms with Crippen molar-refractivity contribution in [1.29, 1.82) is 0 Å². The van der Waals surface area contributed by atoms with E-state index in [1.165, 1.54) is 0 Å². The molecule has 0 bridgehead atoms. The van der Waals surface area contributed by atoms with Crippen molar-refractivity contribution in [2.24, 2.45) is 0 Å². The summed E-state index contributed by atoms with van der Waals surface area (Å²) in [6.45, 7) is 0. The van der Waals surface area contributed by atoms with Gasteiger partial charge in [0.05, 0.1) is 0 Å². The maximum atomic E-state index is 8.52. The Balaban J connectivity index is -0.0000000267. The summed E-state index contributed by atoms with van der Waals surface area (Å²) in [5.74, 6) is 0. The molecule has 0 saturated carbocycles. The maximum absolute atomic E-state index is 8.52. The minimum Gasteiger partial charge on any atom is -0.759 e. The molecule has 81 valence electrons. The third kappa shape index (κ3) is 2130. The van der Waals surface area contributed by atoms with E-state index in [9.17, 15) is 0 Å². The Kier molecular flexibility index (Phi) is 24.5. The second-order valence-corrected chi connectivity index (χ2v) is 2.45. The summed E-state index contributed by atoms with van der Waals surface area (Å²) in [4.78, 5) is 0. The van der Waals surface area contributed by atoms with Crippen molar-refractivity contribution in [3.63, 3.8) is 0 Å². The van der Waals surface area contributed by atoms with Gasteiger partial charge in [-0.15, -0.1) is 0 Å². The van der Waals surface area contributed by atoms with E-state index in [4.69, 9.17) is 35.0 Å². The molecular formula is H2CuO9S2Zn. The molecule has 0 aromatic carbocycles. The topological polar surface area (TPSA) is 192 Å². The van der Waals surface area contributed by atoms with Crippen LogP contribution in [0.25, 0.3) is 0 Å². The number of hydrogen-bond acceptors (Lipinski definition) is 8. The average molecular weight is 339 g/mol. The predicted molar refractivity (Wildman–Crippen MR) is 24.6 cm³/mol. The van der Waals surface area contributed by atoms with Gasteiger partial charge in [0.2, 0.25) is 0 Å². The zero-order valence-electron chi connectivity index (χ0n) is 5.59. The predicted octanol–water partition coefficient (Wildman–Crippen LogP) is -3.51. The Morgan fingerprint density at radius 3 is 0.692 bits per heavy atom. The molecule has 0 fully saturated rings. The monoisotopic (exact) mass is 337 g/mol. The summed E-state index contributed by atoms with van der Waals surface area (Å²) in [5.41, 5.74) is 0. The molecule has 0 heterocycles. The molecule has 0 unspecified atom stereocenters. The molecule has 0 aromatic rings. The molecule has 0 atom stereocenters.